The van der Waals surface area contributed by atoms with Crippen LogP contribution in [0.3, 0.4) is 0 Å². The van der Waals surface area contributed by atoms with Gasteiger partial charge in [0, 0.05) is 6.54 Å². The number of carboxylic acid groups (broad SMARTS) is 1. The third-order valence-corrected chi connectivity index (χ3v) is 4.20. The molecule has 4 N–H and O–H groups in total. The van der Waals surface area contributed by atoms with Gasteiger partial charge in [0.05, 0.1) is 11.8 Å². The number of nitrogens with zero attached hydrogens (tertiary/aromatic N) is 1. The van der Waals surface area contributed by atoms with Crippen molar-refractivity contribution in [2.45, 2.75) is 38.2 Å². The van der Waals surface area contributed by atoms with Gasteiger partial charge in [0.15, 0.2) is 5.69 Å². The molecule has 0 aliphatic carbocycles. The number of aliphatic hydroxyl groups excluding tert-OH is 1. The van der Waals surface area contributed by atoms with E-state index in [4.69, 9.17) is 5.11 Å². The number of aryl methyl sites for hydroxylation is 1. The number of carbonyl (C=O) groups is 1. The van der Waals surface area contributed by atoms with Crippen LogP contribution in [0, 0.1) is 12.8 Å². The molecule has 1 aromatic rings. The number of aliphatic hydroxyl groups is 1. The van der Waals surface area contributed by atoms with Crippen molar-refractivity contribution >= 4 is 16.0 Å². The molecule has 8 nitrogen and oxygen atoms in total. The average Bonchev–Trinajstić information content (AvgIpc) is 2.68. The first kappa shape index (κ1) is 16.6. The van der Waals surface area contributed by atoms with E-state index < -0.39 is 32.7 Å². The molecule has 1 rings (SSSR count). The van der Waals surface area contributed by atoms with Crippen molar-refractivity contribution in [3.8, 4) is 0 Å². The summed E-state index contributed by atoms with van der Waals surface area (Å²) in [6.07, 6.45) is -0.385. The fourth-order valence-electron chi connectivity index (χ4n) is 1.80. The molecule has 1 unspecified atom stereocenters. The highest BCUT2D eigenvalue weighted by atomic mass is 32.2. The Balaban J connectivity index is 2.90. The average molecular weight is 305 g/mol. The molecule has 1 aromatic heterocycles. The lowest BCUT2D eigenvalue weighted by Gasteiger charge is -2.14. The molecular weight excluding hydrogens is 286 g/mol. The first-order chi connectivity index (χ1) is 9.15. The van der Waals surface area contributed by atoms with Crippen LogP contribution < -0.4 is 4.72 Å². The van der Waals surface area contributed by atoms with Crippen LogP contribution in [-0.4, -0.2) is 47.4 Å². The minimum atomic E-state index is -4.04. The summed E-state index contributed by atoms with van der Waals surface area (Å²) >= 11 is 0. The molecule has 1 atom stereocenters. The second kappa shape index (κ2) is 6.33. The highest BCUT2D eigenvalue weighted by molar-refractivity contribution is 7.89. The first-order valence-corrected chi connectivity index (χ1v) is 7.59. The summed E-state index contributed by atoms with van der Waals surface area (Å²) in [7, 11) is -4.04. The van der Waals surface area contributed by atoms with Crippen LogP contribution in [0.1, 0.15) is 36.5 Å². The van der Waals surface area contributed by atoms with Crippen LogP contribution >= 0.6 is 0 Å². The quantitative estimate of drug-likeness (QED) is 0.565. The molecule has 0 spiro atoms. The second-order valence-corrected chi connectivity index (χ2v) is 6.67. The Morgan fingerprint density at radius 3 is 2.55 bits per heavy atom. The molecule has 20 heavy (non-hydrogen) atoms. The topological polar surface area (TPSA) is 132 Å². The highest BCUT2D eigenvalue weighted by Gasteiger charge is 2.28. The number of sulfonamides is 1. The minimum absolute atomic E-state index is 0.133. The van der Waals surface area contributed by atoms with Crippen molar-refractivity contribution in [1.29, 1.82) is 0 Å². The van der Waals surface area contributed by atoms with Crippen LogP contribution in [-0.2, 0) is 10.0 Å². The van der Waals surface area contributed by atoms with E-state index in [0.717, 1.165) is 0 Å². The van der Waals surface area contributed by atoms with Crippen molar-refractivity contribution in [2.24, 2.45) is 5.92 Å². The van der Waals surface area contributed by atoms with E-state index in [9.17, 15) is 18.3 Å². The summed E-state index contributed by atoms with van der Waals surface area (Å²) in [4.78, 5) is 10.5. The van der Waals surface area contributed by atoms with Crippen LogP contribution in [0.4, 0.5) is 0 Å². The number of H-pyrrole nitrogens is 1. The fraction of sp³-hybridized carbons (Fsp3) is 0.636. The van der Waals surface area contributed by atoms with Gasteiger partial charge >= 0.3 is 5.97 Å². The zero-order valence-corrected chi connectivity index (χ0v) is 12.4. The lowest BCUT2D eigenvalue weighted by atomic mass is 10.1. The van der Waals surface area contributed by atoms with Crippen molar-refractivity contribution in [1.82, 2.24) is 14.9 Å². The maximum Gasteiger partial charge on any atom is 0.357 e. The normalized spacial score (nSPS) is 13.7. The summed E-state index contributed by atoms with van der Waals surface area (Å²) in [5.41, 5.74) is -0.429. The third-order valence-electron chi connectivity index (χ3n) is 2.61. The van der Waals surface area contributed by atoms with Gasteiger partial charge in [-0.05, 0) is 19.3 Å². The van der Waals surface area contributed by atoms with E-state index >= 15 is 0 Å². The van der Waals surface area contributed by atoms with Gasteiger partial charge in [-0.2, -0.15) is 5.10 Å². The molecule has 9 heteroatoms. The summed E-state index contributed by atoms with van der Waals surface area (Å²) in [5, 5.41) is 24.4. The third kappa shape index (κ3) is 4.02. The smallest absolute Gasteiger partial charge is 0.357 e. The van der Waals surface area contributed by atoms with Gasteiger partial charge in [-0.25, -0.2) is 17.9 Å². The Kier molecular flexibility index (Phi) is 5.26. The molecule has 0 saturated heterocycles. The van der Waals surface area contributed by atoms with Gasteiger partial charge < -0.3 is 10.2 Å². The summed E-state index contributed by atoms with van der Waals surface area (Å²) < 4.78 is 26.4. The Morgan fingerprint density at radius 1 is 1.45 bits per heavy atom. The molecule has 0 amide bonds. The van der Waals surface area contributed by atoms with Crippen LogP contribution in [0.15, 0.2) is 4.90 Å². The summed E-state index contributed by atoms with van der Waals surface area (Å²) in [6.45, 7) is 5.05. The number of nitrogens with one attached hydrogen (secondary N) is 2. The van der Waals surface area contributed by atoms with Crippen molar-refractivity contribution in [3.05, 3.63) is 11.4 Å². The van der Waals surface area contributed by atoms with E-state index in [-0.39, 0.29) is 18.2 Å². The Labute approximate surface area is 117 Å². The van der Waals surface area contributed by atoms with Crippen LogP contribution in [0.25, 0.3) is 0 Å². The fourth-order valence-corrected chi connectivity index (χ4v) is 3.19. The van der Waals surface area contributed by atoms with Gasteiger partial charge in [-0.3, -0.25) is 5.10 Å². The van der Waals surface area contributed by atoms with Gasteiger partial charge in [-0.1, -0.05) is 13.8 Å². The molecule has 0 bridgehead atoms. The zero-order valence-electron chi connectivity index (χ0n) is 11.5. The Hall–Kier alpha value is -1.45. The van der Waals surface area contributed by atoms with Crippen molar-refractivity contribution in [3.63, 3.8) is 0 Å². The molecule has 1 heterocycles. The molecule has 0 aromatic carbocycles. The van der Waals surface area contributed by atoms with Gasteiger partial charge in [0.1, 0.15) is 4.90 Å². The number of aromatic nitrogens is 2. The molecule has 0 radical (unpaired) electrons. The largest absolute Gasteiger partial charge is 0.476 e. The minimum Gasteiger partial charge on any atom is -0.476 e. The van der Waals surface area contributed by atoms with E-state index in [2.05, 4.69) is 14.9 Å². The first-order valence-electron chi connectivity index (χ1n) is 6.11. The second-order valence-electron chi connectivity index (χ2n) is 4.97. The van der Waals surface area contributed by atoms with Gasteiger partial charge in [0.25, 0.3) is 0 Å². The number of aromatic carboxylic acids is 1. The standard InChI is InChI=1S/C11H19N3O5S/c1-6(2)4-8(15)5-12-20(18,19)10-7(3)13-14-9(10)11(16)17/h6,8,12,15H,4-5H2,1-3H3,(H,13,14)(H,16,17). The Bertz CT molecular complexity index is 579. The van der Waals surface area contributed by atoms with E-state index in [1.807, 2.05) is 13.8 Å². The summed E-state index contributed by atoms with van der Waals surface area (Å²) in [5.74, 6) is -1.21. The van der Waals surface area contributed by atoms with Crippen LogP contribution in [0.5, 0.6) is 0 Å². The van der Waals surface area contributed by atoms with Gasteiger partial charge in [-0.15, -0.1) is 0 Å². The highest BCUT2D eigenvalue weighted by Crippen LogP contribution is 2.17. The number of rotatable bonds is 7. The lowest BCUT2D eigenvalue weighted by molar-refractivity contribution is 0.0686. The molecule has 0 fully saturated rings. The number of hydrogen-bond donors (Lipinski definition) is 4. The van der Waals surface area contributed by atoms with E-state index in [0.29, 0.717) is 6.42 Å². The zero-order chi connectivity index (χ0) is 15.5. The molecule has 114 valence electrons. The van der Waals surface area contributed by atoms with E-state index in [1.165, 1.54) is 6.92 Å². The number of hydrogen-bond acceptors (Lipinski definition) is 5. The SMILES string of the molecule is Cc1[nH]nc(C(=O)O)c1S(=O)(=O)NCC(O)CC(C)C. The van der Waals surface area contributed by atoms with Gasteiger partial charge in [0.2, 0.25) is 10.0 Å². The maximum absolute atomic E-state index is 12.1. The molecule has 0 saturated carbocycles. The van der Waals surface area contributed by atoms with Crippen molar-refractivity contribution < 1.29 is 23.4 Å². The predicted octanol–water partition coefficient (Wildman–Crippen LogP) is 0.102. The Morgan fingerprint density at radius 2 is 2.05 bits per heavy atom. The number of aromatic amines is 1. The van der Waals surface area contributed by atoms with E-state index in [1.54, 1.807) is 0 Å². The molecular formula is C11H19N3O5S. The predicted molar refractivity (Wildman–Crippen MR) is 70.9 cm³/mol. The maximum atomic E-state index is 12.1. The molecule has 0 aliphatic heterocycles. The monoisotopic (exact) mass is 305 g/mol. The summed E-state index contributed by atoms with van der Waals surface area (Å²) in [6, 6.07) is 0. The molecule has 0 aliphatic rings. The number of carboxylic acids is 1. The lowest BCUT2D eigenvalue weighted by Crippen LogP contribution is -2.33. The van der Waals surface area contributed by atoms with Crippen LogP contribution in [0.2, 0.25) is 0 Å². The van der Waals surface area contributed by atoms with Crippen molar-refractivity contribution in [2.75, 3.05) is 6.54 Å².